The van der Waals surface area contributed by atoms with Gasteiger partial charge < -0.3 is 26.6 Å². The second-order valence-corrected chi connectivity index (χ2v) is 9.82. The Hall–Kier alpha value is -3.35. The molecule has 10 heteroatoms. The third-order valence-electron chi connectivity index (χ3n) is 7.29. The fraction of sp³-hybridized carbons (Fsp3) is 0.654. The van der Waals surface area contributed by atoms with Crippen molar-refractivity contribution in [2.24, 2.45) is 23.5 Å². The summed E-state index contributed by atoms with van der Waals surface area (Å²) in [4.78, 5) is 65.4. The molecule has 10 nitrogen and oxygen atoms in total. The minimum absolute atomic E-state index is 0.000957. The van der Waals surface area contributed by atoms with E-state index in [2.05, 4.69) is 28.4 Å². The molecule has 0 aromatic heterocycles. The summed E-state index contributed by atoms with van der Waals surface area (Å²) >= 11 is 0. The van der Waals surface area contributed by atoms with Gasteiger partial charge in [-0.05, 0) is 37.0 Å². The Morgan fingerprint density at radius 1 is 1.14 bits per heavy atom. The first-order valence-electron chi connectivity index (χ1n) is 12.7. The van der Waals surface area contributed by atoms with E-state index >= 15 is 0 Å². The van der Waals surface area contributed by atoms with Crippen LogP contribution in [0.2, 0.25) is 0 Å². The van der Waals surface area contributed by atoms with Crippen molar-refractivity contribution in [2.75, 3.05) is 13.1 Å². The van der Waals surface area contributed by atoms with Crippen LogP contribution < -0.4 is 21.7 Å². The Bertz CT molecular complexity index is 892. The highest BCUT2D eigenvalue weighted by molar-refractivity contribution is 6.38. The minimum Gasteiger partial charge on any atom is -0.352 e. The number of primary amides is 1. The Morgan fingerprint density at radius 2 is 1.81 bits per heavy atom. The number of terminal acetylenes is 1. The molecule has 0 radical (unpaired) electrons. The molecule has 0 aromatic rings. The Balaban J connectivity index is 2.26. The van der Waals surface area contributed by atoms with E-state index in [1.165, 1.54) is 11.0 Å². The molecule has 0 spiro atoms. The molecule has 2 rings (SSSR count). The molecule has 5 N–H and O–H groups in total. The van der Waals surface area contributed by atoms with Crippen LogP contribution in [0.25, 0.3) is 0 Å². The van der Waals surface area contributed by atoms with Crippen LogP contribution >= 0.6 is 0 Å². The smallest absolute Gasteiger partial charge is 0.312 e. The van der Waals surface area contributed by atoms with Gasteiger partial charge in [0.2, 0.25) is 17.6 Å². The van der Waals surface area contributed by atoms with Crippen molar-refractivity contribution in [2.45, 2.75) is 76.9 Å². The lowest BCUT2D eigenvalue weighted by atomic mass is 9.83. The van der Waals surface area contributed by atoms with Gasteiger partial charge in [0, 0.05) is 19.5 Å². The predicted octanol–water partition coefficient (Wildman–Crippen LogP) is 0.856. The third kappa shape index (κ3) is 7.33. The highest BCUT2D eigenvalue weighted by Crippen LogP contribution is 2.33. The maximum Gasteiger partial charge on any atom is 0.312 e. The monoisotopic (exact) mass is 501 g/mol. The molecule has 1 heterocycles. The lowest BCUT2D eigenvalue weighted by Gasteiger charge is -2.35. The van der Waals surface area contributed by atoms with Crippen LogP contribution in [0.3, 0.4) is 0 Å². The summed E-state index contributed by atoms with van der Waals surface area (Å²) in [6.45, 7) is 7.74. The fourth-order valence-electron chi connectivity index (χ4n) is 5.14. The first kappa shape index (κ1) is 28.9. The largest absolute Gasteiger partial charge is 0.352 e. The van der Waals surface area contributed by atoms with Crippen LogP contribution in [0.4, 0.5) is 4.79 Å². The molecule has 5 atom stereocenters. The lowest BCUT2D eigenvalue weighted by Crippen LogP contribution is -2.59. The Morgan fingerprint density at radius 3 is 2.39 bits per heavy atom. The van der Waals surface area contributed by atoms with Gasteiger partial charge >= 0.3 is 6.03 Å². The molecule has 5 amide bonds. The van der Waals surface area contributed by atoms with Gasteiger partial charge in [0.1, 0.15) is 12.1 Å². The summed E-state index contributed by atoms with van der Waals surface area (Å²) < 4.78 is 0. The minimum atomic E-state index is -1.13. The molecule has 1 aliphatic heterocycles. The number of Topliss-reactive ketones (excluding diaryl/α,β-unsaturated/α-hetero) is 1. The molecule has 198 valence electrons. The van der Waals surface area contributed by atoms with Crippen molar-refractivity contribution in [3.63, 3.8) is 0 Å². The van der Waals surface area contributed by atoms with Crippen LogP contribution in [0.15, 0.2) is 12.7 Å². The summed E-state index contributed by atoms with van der Waals surface area (Å²) in [6, 6.07) is -3.60. The van der Waals surface area contributed by atoms with Gasteiger partial charge in [-0.1, -0.05) is 39.2 Å². The van der Waals surface area contributed by atoms with E-state index in [0.717, 1.165) is 32.1 Å². The van der Waals surface area contributed by atoms with Crippen LogP contribution in [-0.4, -0.2) is 65.7 Å². The van der Waals surface area contributed by atoms with Gasteiger partial charge in [0.05, 0.1) is 6.04 Å². The molecule has 36 heavy (non-hydrogen) atoms. The maximum absolute atomic E-state index is 13.7. The summed E-state index contributed by atoms with van der Waals surface area (Å²) in [5.41, 5.74) is 5.40. The fourth-order valence-corrected chi connectivity index (χ4v) is 5.14. The summed E-state index contributed by atoms with van der Waals surface area (Å²) in [7, 11) is 0. The summed E-state index contributed by atoms with van der Waals surface area (Å²) in [5, 5.41) is 7.70. The first-order chi connectivity index (χ1) is 17.1. The lowest BCUT2D eigenvalue weighted by molar-refractivity contribution is -0.144. The number of likely N-dealkylation sites (tertiary alicyclic amines) is 1. The summed E-state index contributed by atoms with van der Waals surface area (Å²) in [6.07, 6.45) is 11.6. The van der Waals surface area contributed by atoms with E-state index in [1.54, 1.807) is 0 Å². The van der Waals surface area contributed by atoms with Crippen molar-refractivity contribution in [3.05, 3.63) is 12.7 Å². The van der Waals surface area contributed by atoms with Gasteiger partial charge in [-0.15, -0.1) is 18.9 Å². The molecular formula is C26H39N5O5. The van der Waals surface area contributed by atoms with Crippen molar-refractivity contribution in [1.29, 1.82) is 0 Å². The number of nitrogens with zero attached hydrogens (tertiary/aromatic N) is 1. The molecule has 1 saturated heterocycles. The van der Waals surface area contributed by atoms with E-state index in [-0.39, 0.29) is 43.0 Å². The molecule has 2 aliphatic rings. The number of hydrogen-bond acceptors (Lipinski definition) is 5. The SMILES string of the molecule is C#CCCC(NC(=O)[C@@H]1[C@@H](C)[C@@H](C)CN1C(=O)[C@@H](NC(N)=O)C1CCCCC1)C(=O)C(=O)NCC=C. The maximum atomic E-state index is 13.7. The number of urea groups is 1. The van der Waals surface area contributed by atoms with E-state index < -0.39 is 41.8 Å². The number of amides is 5. The quantitative estimate of drug-likeness (QED) is 0.188. The van der Waals surface area contributed by atoms with Crippen molar-refractivity contribution < 1.29 is 24.0 Å². The van der Waals surface area contributed by atoms with E-state index in [1.807, 2.05) is 13.8 Å². The molecule has 0 bridgehead atoms. The number of rotatable bonds is 11. The second kappa shape index (κ2) is 13.7. The Labute approximate surface area is 213 Å². The average Bonchev–Trinajstić information content (AvgIpc) is 3.17. The molecular weight excluding hydrogens is 462 g/mol. The van der Waals surface area contributed by atoms with Crippen LogP contribution in [0, 0.1) is 30.1 Å². The van der Waals surface area contributed by atoms with Gasteiger partial charge in [-0.25, -0.2) is 4.79 Å². The van der Waals surface area contributed by atoms with Crippen LogP contribution in [-0.2, 0) is 19.2 Å². The van der Waals surface area contributed by atoms with Crippen LogP contribution in [0.5, 0.6) is 0 Å². The third-order valence-corrected chi connectivity index (χ3v) is 7.29. The van der Waals surface area contributed by atoms with Crippen molar-refractivity contribution >= 4 is 29.5 Å². The van der Waals surface area contributed by atoms with Crippen molar-refractivity contribution in [1.82, 2.24) is 20.9 Å². The van der Waals surface area contributed by atoms with E-state index in [4.69, 9.17) is 12.2 Å². The molecule has 1 unspecified atom stereocenters. The topological polar surface area (TPSA) is 151 Å². The van der Waals surface area contributed by atoms with Crippen molar-refractivity contribution in [3.8, 4) is 12.3 Å². The molecule has 1 saturated carbocycles. The summed E-state index contributed by atoms with van der Waals surface area (Å²) in [5.74, 6) is -0.402. The van der Waals surface area contributed by atoms with E-state index in [9.17, 15) is 24.0 Å². The standard InChI is InChI=1S/C26H39N5O5/c1-5-7-13-19(22(32)24(34)28-14-6-2)29-23(33)21-17(4)16(3)15-31(21)25(35)20(30-26(27)36)18-11-9-8-10-12-18/h1,6,16-21H,2,7-15H2,3-4H3,(H,28,34)(H,29,33)(H3,27,30,36)/t16-,17-,19?,20-,21-/m0/s1. The highest BCUT2D eigenvalue weighted by Gasteiger charge is 2.47. The Kier molecular flexibility index (Phi) is 11.0. The molecule has 0 aromatic carbocycles. The zero-order chi connectivity index (χ0) is 26.8. The van der Waals surface area contributed by atoms with E-state index in [0.29, 0.717) is 6.54 Å². The van der Waals surface area contributed by atoms with Gasteiger partial charge in [0.25, 0.3) is 5.91 Å². The van der Waals surface area contributed by atoms with Gasteiger partial charge in [-0.2, -0.15) is 0 Å². The molecule has 1 aliphatic carbocycles. The number of carbonyl (C=O) groups is 5. The molecule has 2 fully saturated rings. The average molecular weight is 502 g/mol. The highest BCUT2D eigenvalue weighted by atomic mass is 16.2. The number of hydrogen-bond donors (Lipinski definition) is 4. The number of carbonyl (C=O) groups excluding carboxylic acids is 5. The second-order valence-electron chi connectivity index (χ2n) is 9.82. The first-order valence-corrected chi connectivity index (χ1v) is 12.7. The number of ketones is 1. The predicted molar refractivity (Wildman–Crippen MR) is 135 cm³/mol. The normalized spacial score (nSPS) is 23.6. The number of nitrogens with two attached hydrogens (primary N) is 1. The number of nitrogens with one attached hydrogen (secondary N) is 3. The zero-order valence-electron chi connectivity index (χ0n) is 21.3. The van der Waals surface area contributed by atoms with Gasteiger partial charge in [-0.3, -0.25) is 19.2 Å². The van der Waals surface area contributed by atoms with Crippen LogP contribution in [0.1, 0.15) is 58.8 Å². The van der Waals surface area contributed by atoms with Gasteiger partial charge in [0.15, 0.2) is 0 Å². The zero-order valence-corrected chi connectivity index (χ0v) is 21.3.